The fourth-order valence-corrected chi connectivity index (χ4v) is 2.23. The molecule has 0 bridgehead atoms. The van der Waals surface area contributed by atoms with Crippen molar-refractivity contribution >= 4 is 22.8 Å². The summed E-state index contributed by atoms with van der Waals surface area (Å²) >= 11 is 0. The predicted molar refractivity (Wildman–Crippen MR) is 80.4 cm³/mol. The minimum absolute atomic E-state index is 0.150. The van der Waals surface area contributed by atoms with Gasteiger partial charge in [-0.05, 0) is 25.1 Å². The van der Waals surface area contributed by atoms with Crippen molar-refractivity contribution in [3.8, 4) is 5.75 Å². The molecule has 0 spiro atoms. The number of pyridine rings is 1. The number of nitrogens with zero attached hydrogens (tertiary/aromatic N) is 1. The van der Waals surface area contributed by atoms with E-state index in [1.54, 1.807) is 0 Å². The highest BCUT2D eigenvalue weighted by atomic mass is 19.4. The molecule has 3 N–H and O–H groups in total. The molecule has 1 aromatic carbocycles. The molecular weight excluding hydrogens is 345 g/mol. The van der Waals surface area contributed by atoms with Crippen molar-refractivity contribution in [2.75, 3.05) is 0 Å². The van der Waals surface area contributed by atoms with Gasteiger partial charge in [0.2, 0.25) is 0 Å². The van der Waals surface area contributed by atoms with Crippen LogP contribution in [0, 0.1) is 0 Å². The number of carbonyl (C=O) groups is 2. The first-order valence-corrected chi connectivity index (χ1v) is 6.91. The Morgan fingerprint density at radius 3 is 2.40 bits per heavy atom. The van der Waals surface area contributed by atoms with E-state index in [1.807, 2.05) is 5.32 Å². The Kier molecular flexibility index (Phi) is 4.47. The third-order valence-corrected chi connectivity index (χ3v) is 3.64. The summed E-state index contributed by atoms with van der Waals surface area (Å²) in [5.41, 5.74) is -3.05. The zero-order valence-corrected chi connectivity index (χ0v) is 13.0. The summed E-state index contributed by atoms with van der Waals surface area (Å²) < 4.78 is 39.2. The molecule has 0 radical (unpaired) electrons. The number of carboxylic acid groups (broad SMARTS) is 1. The Balaban J connectivity index is 2.67. The molecule has 0 unspecified atom stereocenters. The van der Waals surface area contributed by atoms with Gasteiger partial charge in [0.25, 0.3) is 11.5 Å². The molecule has 10 heteroatoms. The Morgan fingerprint density at radius 2 is 1.88 bits per heavy atom. The van der Waals surface area contributed by atoms with Gasteiger partial charge in [-0.2, -0.15) is 13.2 Å². The number of nitrogens with one attached hydrogen (secondary N) is 1. The van der Waals surface area contributed by atoms with Crippen molar-refractivity contribution in [1.29, 1.82) is 0 Å². The quantitative estimate of drug-likeness (QED) is 0.770. The summed E-state index contributed by atoms with van der Waals surface area (Å²) in [5.74, 6) is -3.32. The summed E-state index contributed by atoms with van der Waals surface area (Å²) in [4.78, 5) is 35.1. The van der Waals surface area contributed by atoms with Crippen LogP contribution in [0.1, 0.15) is 22.8 Å². The van der Waals surface area contributed by atoms with Gasteiger partial charge in [-0.1, -0.05) is 0 Å². The molecule has 1 heterocycles. The van der Waals surface area contributed by atoms with Gasteiger partial charge in [-0.3, -0.25) is 14.4 Å². The highest BCUT2D eigenvalue weighted by molar-refractivity contribution is 6.03. The van der Waals surface area contributed by atoms with Crippen molar-refractivity contribution in [2.45, 2.75) is 19.1 Å². The number of aromatic nitrogens is 1. The lowest BCUT2D eigenvalue weighted by atomic mass is 10.1. The van der Waals surface area contributed by atoms with E-state index in [4.69, 9.17) is 5.11 Å². The molecule has 0 saturated carbocycles. The number of halogens is 3. The van der Waals surface area contributed by atoms with Gasteiger partial charge in [0.1, 0.15) is 17.4 Å². The zero-order chi connectivity index (χ0) is 19.1. The van der Waals surface area contributed by atoms with Gasteiger partial charge in [0.05, 0.1) is 11.1 Å². The lowest BCUT2D eigenvalue weighted by Gasteiger charge is -2.15. The molecule has 0 fully saturated rings. The van der Waals surface area contributed by atoms with E-state index < -0.39 is 46.5 Å². The lowest BCUT2D eigenvalue weighted by Crippen LogP contribution is -2.41. The normalized spacial score (nSPS) is 12.8. The Labute approximate surface area is 138 Å². The summed E-state index contributed by atoms with van der Waals surface area (Å²) in [6, 6.07) is 0.982. The number of aliphatic carboxylic acids is 1. The summed E-state index contributed by atoms with van der Waals surface area (Å²) in [7, 11) is 1.14. The van der Waals surface area contributed by atoms with Crippen LogP contribution in [0.15, 0.2) is 23.0 Å². The first kappa shape index (κ1) is 18.3. The van der Waals surface area contributed by atoms with Crippen molar-refractivity contribution in [3.05, 3.63) is 39.7 Å². The molecule has 0 aliphatic carbocycles. The molecule has 0 aliphatic heterocycles. The number of rotatable bonds is 3. The third kappa shape index (κ3) is 3.28. The van der Waals surface area contributed by atoms with Crippen LogP contribution >= 0.6 is 0 Å². The molecule has 25 heavy (non-hydrogen) atoms. The molecule has 0 aliphatic rings. The predicted octanol–water partition coefficient (Wildman–Crippen LogP) is 1.47. The van der Waals surface area contributed by atoms with Gasteiger partial charge in [-0.15, -0.1) is 0 Å². The SMILES string of the molecule is C[C@H](NC(=O)c1c(O)c2ccc(C(F)(F)F)cc2n(C)c1=O)C(=O)O. The molecular formula is C15H13F3N2O5. The van der Waals surface area contributed by atoms with Gasteiger partial charge in [-0.25, -0.2) is 0 Å². The molecule has 0 saturated heterocycles. The average molecular weight is 358 g/mol. The zero-order valence-electron chi connectivity index (χ0n) is 13.0. The van der Waals surface area contributed by atoms with Crippen LogP contribution in [0.5, 0.6) is 5.75 Å². The smallest absolute Gasteiger partial charge is 0.416 e. The fourth-order valence-electron chi connectivity index (χ4n) is 2.23. The van der Waals surface area contributed by atoms with Crippen molar-refractivity contribution in [2.24, 2.45) is 7.05 Å². The number of hydrogen-bond acceptors (Lipinski definition) is 4. The summed E-state index contributed by atoms with van der Waals surface area (Å²) in [6.07, 6.45) is -4.65. The van der Waals surface area contributed by atoms with Gasteiger partial charge >= 0.3 is 12.1 Å². The topological polar surface area (TPSA) is 109 Å². The first-order valence-electron chi connectivity index (χ1n) is 6.91. The highest BCUT2D eigenvalue weighted by Gasteiger charge is 2.32. The largest absolute Gasteiger partial charge is 0.506 e. The van der Waals surface area contributed by atoms with Crippen LogP contribution in [-0.2, 0) is 18.0 Å². The lowest BCUT2D eigenvalue weighted by molar-refractivity contribution is -0.139. The molecule has 2 aromatic rings. The average Bonchev–Trinajstić information content (AvgIpc) is 2.51. The second-order valence-electron chi connectivity index (χ2n) is 5.35. The summed E-state index contributed by atoms with van der Waals surface area (Å²) in [5, 5.41) is 20.8. The van der Waals surface area contributed by atoms with E-state index in [-0.39, 0.29) is 10.9 Å². The van der Waals surface area contributed by atoms with E-state index in [1.165, 1.54) is 0 Å². The van der Waals surface area contributed by atoms with Crippen LogP contribution in [0.25, 0.3) is 10.9 Å². The number of amides is 1. The second-order valence-corrected chi connectivity index (χ2v) is 5.35. The highest BCUT2D eigenvalue weighted by Crippen LogP contribution is 2.33. The molecule has 1 aromatic heterocycles. The van der Waals surface area contributed by atoms with Crippen molar-refractivity contribution < 1.29 is 33.0 Å². The number of fused-ring (bicyclic) bond motifs is 1. The van der Waals surface area contributed by atoms with Crippen LogP contribution in [0.4, 0.5) is 13.2 Å². The molecule has 2 rings (SSSR count). The van der Waals surface area contributed by atoms with Crippen LogP contribution in [-0.4, -0.2) is 32.7 Å². The number of aryl methyl sites for hydroxylation is 1. The summed E-state index contributed by atoms with van der Waals surface area (Å²) in [6.45, 7) is 1.15. The maximum atomic E-state index is 12.8. The number of aromatic hydroxyl groups is 1. The molecule has 134 valence electrons. The Hall–Kier alpha value is -3.04. The third-order valence-electron chi connectivity index (χ3n) is 3.64. The number of hydrogen-bond donors (Lipinski definition) is 3. The van der Waals surface area contributed by atoms with Crippen molar-refractivity contribution in [1.82, 2.24) is 9.88 Å². The molecule has 1 atom stereocenters. The second kappa shape index (κ2) is 6.11. The van der Waals surface area contributed by atoms with E-state index in [0.29, 0.717) is 12.1 Å². The standard InChI is InChI=1S/C15H13F3N2O5/c1-6(14(24)25)19-12(22)10-11(21)8-4-3-7(15(16,17)18)5-9(8)20(2)13(10)23/h3-6,21H,1-2H3,(H,19,22)(H,24,25)/t6-/m0/s1. The van der Waals surface area contributed by atoms with Crippen LogP contribution in [0.2, 0.25) is 0 Å². The monoisotopic (exact) mass is 358 g/mol. The number of carbonyl (C=O) groups excluding carboxylic acids is 1. The Bertz CT molecular complexity index is 933. The van der Waals surface area contributed by atoms with Gasteiger partial charge in [0.15, 0.2) is 0 Å². The molecule has 7 nitrogen and oxygen atoms in total. The van der Waals surface area contributed by atoms with Crippen molar-refractivity contribution in [3.63, 3.8) is 0 Å². The fraction of sp³-hybridized carbons (Fsp3) is 0.267. The van der Waals surface area contributed by atoms with E-state index in [2.05, 4.69) is 0 Å². The minimum Gasteiger partial charge on any atom is -0.506 e. The maximum Gasteiger partial charge on any atom is 0.416 e. The van der Waals surface area contributed by atoms with Gasteiger partial charge < -0.3 is 20.1 Å². The number of alkyl halides is 3. The maximum absolute atomic E-state index is 12.8. The number of carboxylic acids is 1. The van der Waals surface area contributed by atoms with Gasteiger partial charge in [0, 0.05) is 12.4 Å². The Morgan fingerprint density at radius 1 is 1.28 bits per heavy atom. The van der Waals surface area contributed by atoms with E-state index in [0.717, 1.165) is 24.6 Å². The van der Waals surface area contributed by atoms with E-state index in [9.17, 15) is 32.7 Å². The van der Waals surface area contributed by atoms with Crippen LogP contribution in [0.3, 0.4) is 0 Å². The number of benzene rings is 1. The first-order chi connectivity index (χ1) is 11.4. The van der Waals surface area contributed by atoms with E-state index >= 15 is 0 Å². The van der Waals surface area contributed by atoms with Crippen LogP contribution < -0.4 is 10.9 Å². The molecule has 1 amide bonds. The minimum atomic E-state index is -4.65.